The molecular weight excluding hydrogens is 452 g/mol. The molecule has 3 N–H and O–H groups in total. The molecule has 9 nitrogen and oxygen atoms in total. The fourth-order valence-corrected chi connectivity index (χ4v) is 3.63. The van der Waals surface area contributed by atoms with Crippen LogP contribution < -0.4 is 10.6 Å². The standard InChI is InChI=1S/C26H50N2O7/c1-27-25(31)22-34-21-20-33-19-17-28-26(32)24(30)16-14-12-10-8-6-4-2-3-5-7-9-11-13-15-18-35-23-29/h23,26,28,32H,2-22H2,1H3,(H,27,31). The van der Waals surface area contributed by atoms with Gasteiger partial charge in [0.2, 0.25) is 5.91 Å². The van der Waals surface area contributed by atoms with E-state index >= 15 is 0 Å². The summed E-state index contributed by atoms with van der Waals surface area (Å²) in [5, 5.41) is 15.1. The second-order valence-electron chi connectivity index (χ2n) is 8.83. The van der Waals surface area contributed by atoms with Gasteiger partial charge in [0.15, 0.2) is 12.0 Å². The second kappa shape index (κ2) is 27.0. The van der Waals surface area contributed by atoms with Crippen LogP contribution in [0.5, 0.6) is 0 Å². The molecule has 1 amide bonds. The van der Waals surface area contributed by atoms with Crippen LogP contribution in [0.25, 0.3) is 0 Å². The minimum atomic E-state index is -1.14. The molecule has 9 heteroatoms. The first-order chi connectivity index (χ1) is 17.1. The van der Waals surface area contributed by atoms with Gasteiger partial charge in [-0.2, -0.15) is 0 Å². The first-order valence-corrected chi connectivity index (χ1v) is 13.5. The lowest BCUT2D eigenvalue weighted by atomic mass is 10.0. The number of aliphatic hydroxyl groups is 1. The molecule has 0 fully saturated rings. The molecule has 1 atom stereocenters. The maximum atomic E-state index is 12.0. The van der Waals surface area contributed by atoms with E-state index in [0.717, 1.165) is 32.1 Å². The van der Waals surface area contributed by atoms with Crippen LogP contribution in [0.3, 0.4) is 0 Å². The quantitative estimate of drug-likeness (QED) is 0.0846. The van der Waals surface area contributed by atoms with Crippen LogP contribution in [-0.4, -0.2) is 76.1 Å². The number of ketones is 1. The number of unbranched alkanes of at least 4 members (excludes halogenated alkanes) is 13. The second-order valence-corrected chi connectivity index (χ2v) is 8.83. The van der Waals surface area contributed by atoms with Crippen LogP contribution in [0.2, 0.25) is 0 Å². The summed E-state index contributed by atoms with van der Waals surface area (Å²) < 4.78 is 15.1. The number of ether oxygens (including phenoxy) is 3. The monoisotopic (exact) mass is 502 g/mol. The van der Waals surface area contributed by atoms with Gasteiger partial charge in [0.25, 0.3) is 6.47 Å². The van der Waals surface area contributed by atoms with Crippen molar-refractivity contribution in [3.05, 3.63) is 0 Å². The molecule has 0 aliphatic rings. The lowest BCUT2D eigenvalue weighted by Gasteiger charge is -2.12. The average Bonchev–Trinajstić information content (AvgIpc) is 2.86. The summed E-state index contributed by atoms with van der Waals surface area (Å²) in [5.74, 6) is -0.355. The number of likely N-dealkylation sites (N-methyl/N-ethyl adjacent to an activating group) is 1. The number of amides is 1. The Hall–Kier alpha value is -1.55. The maximum Gasteiger partial charge on any atom is 0.293 e. The van der Waals surface area contributed by atoms with Crippen molar-refractivity contribution in [3.8, 4) is 0 Å². The summed E-state index contributed by atoms with van der Waals surface area (Å²) in [4.78, 5) is 33.0. The van der Waals surface area contributed by atoms with Crippen molar-refractivity contribution in [2.75, 3.05) is 46.6 Å². The van der Waals surface area contributed by atoms with Gasteiger partial charge in [-0.05, 0) is 12.8 Å². The molecule has 0 aliphatic carbocycles. The van der Waals surface area contributed by atoms with Gasteiger partial charge in [0, 0.05) is 20.0 Å². The Kier molecular flexibility index (Phi) is 25.8. The first kappa shape index (κ1) is 33.4. The summed E-state index contributed by atoms with van der Waals surface area (Å²) in [5.41, 5.74) is 0. The number of rotatable bonds is 28. The largest absolute Gasteiger partial charge is 0.468 e. The SMILES string of the molecule is CNC(=O)COCCOCCNC(O)C(=O)CCCCCCCCCCCCCCCCOC=O. The number of Topliss-reactive ketones (excluding diaryl/α,β-unsaturated/α-hetero) is 1. The van der Waals surface area contributed by atoms with Crippen molar-refractivity contribution in [2.45, 2.75) is 103 Å². The summed E-state index contributed by atoms with van der Waals surface area (Å²) >= 11 is 0. The van der Waals surface area contributed by atoms with Crippen LogP contribution in [-0.2, 0) is 28.6 Å². The highest BCUT2D eigenvalue weighted by atomic mass is 16.5. The fourth-order valence-electron chi connectivity index (χ4n) is 3.63. The van der Waals surface area contributed by atoms with E-state index in [9.17, 15) is 19.5 Å². The summed E-state index contributed by atoms with van der Waals surface area (Å²) in [6.07, 6.45) is 15.8. The molecule has 0 aromatic carbocycles. The van der Waals surface area contributed by atoms with E-state index in [1.807, 2.05) is 0 Å². The van der Waals surface area contributed by atoms with Crippen LogP contribution in [0, 0.1) is 0 Å². The van der Waals surface area contributed by atoms with Gasteiger partial charge in [-0.25, -0.2) is 0 Å². The Morgan fingerprint density at radius 3 is 1.80 bits per heavy atom. The van der Waals surface area contributed by atoms with Gasteiger partial charge in [0.1, 0.15) is 6.61 Å². The van der Waals surface area contributed by atoms with E-state index in [0.29, 0.717) is 45.9 Å². The van der Waals surface area contributed by atoms with Crippen LogP contribution in [0.4, 0.5) is 0 Å². The van der Waals surface area contributed by atoms with Crippen molar-refractivity contribution >= 4 is 18.2 Å². The summed E-state index contributed by atoms with van der Waals surface area (Å²) in [7, 11) is 1.55. The van der Waals surface area contributed by atoms with E-state index in [-0.39, 0.29) is 18.3 Å². The van der Waals surface area contributed by atoms with Crippen molar-refractivity contribution in [2.24, 2.45) is 0 Å². The molecule has 0 spiro atoms. The van der Waals surface area contributed by atoms with Gasteiger partial charge < -0.3 is 24.6 Å². The number of nitrogens with one attached hydrogen (secondary N) is 2. The van der Waals surface area contributed by atoms with Gasteiger partial charge in [-0.15, -0.1) is 0 Å². The van der Waals surface area contributed by atoms with E-state index in [4.69, 9.17) is 9.47 Å². The van der Waals surface area contributed by atoms with E-state index in [1.54, 1.807) is 7.05 Å². The van der Waals surface area contributed by atoms with Gasteiger partial charge in [-0.3, -0.25) is 19.7 Å². The third-order valence-corrected chi connectivity index (χ3v) is 5.78. The molecule has 0 saturated heterocycles. The van der Waals surface area contributed by atoms with Crippen molar-refractivity contribution in [1.82, 2.24) is 10.6 Å². The Bertz CT molecular complexity index is 506. The average molecular weight is 503 g/mol. The highest BCUT2D eigenvalue weighted by Crippen LogP contribution is 2.13. The molecule has 0 saturated carbocycles. The highest BCUT2D eigenvalue weighted by Gasteiger charge is 2.13. The Morgan fingerprint density at radius 1 is 0.743 bits per heavy atom. The Morgan fingerprint density at radius 2 is 1.26 bits per heavy atom. The predicted molar refractivity (Wildman–Crippen MR) is 136 cm³/mol. The first-order valence-electron chi connectivity index (χ1n) is 13.5. The lowest BCUT2D eigenvalue weighted by Crippen LogP contribution is -2.38. The molecule has 35 heavy (non-hydrogen) atoms. The smallest absolute Gasteiger partial charge is 0.293 e. The van der Waals surface area contributed by atoms with E-state index in [2.05, 4.69) is 15.4 Å². The van der Waals surface area contributed by atoms with Gasteiger partial charge in [-0.1, -0.05) is 77.0 Å². The van der Waals surface area contributed by atoms with Crippen LogP contribution in [0.15, 0.2) is 0 Å². The summed E-state index contributed by atoms with van der Waals surface area (Å²) in [6.45, 7) is 2.48. The minimum Gasteiger partial charge on any atom is -0.468 e. The Labute approximate surface area is 212 Å². The third kappa shape index (κ3) is 25.4. The van der Waals surface area contributed by atoms with Gasteiger partial charge in [0.05, 0.1) is 26.4 Å². The predicted octanol–water partition coefficient (Wildman–Crippen LogP) is 3.27. The number of aliphatic hydroxyl groups excluding tert-OH is 1. The van der Waals surface area contributed by atoms with E-state index < -0.39 is 6.23 Å². The minimum absolute atomic E-state index is 0.00925. The van der Waals surface area contributed by atoms with Crippen molar-refractivity contribution in [1.29, 1.82) is 0 Å². The molecule has 0 radical (unpaired) electrons. The Balaban J connectivity index is 3.30. The normalized spacial score (nSPS) is 11.8. The molecule has 0 rings (SSSR count). The molecule has 0 aliphatic heterocycles. The fraction of sp³-hybridized carbons (Fsp3) is 0.885. The molecular formula is C26H50N2O7. The molecule has 0 bridgehead atoms. The number of carbonyl (C=O) groups is 3. The van der Waals surface area contributed by atoms with Crippen LogP contribution in [0.1, 0.15) is 96.3 Å². The number of hydrogen-bond acceptors (Lipinski definition) is 8. The van der Waals surface area contributed by atoms with Crippen molar-refractivity contribution < 1.29 is 33.7 Å². The molecule has 206 valence electrons. The zero-order chi connectivity index (χ0) is 25.8. The van der Waals surface area contributed by atoms with E-state index in [1.165, 1.54) is 57.8 Å². The molecule has 0 aromatic rings. The highest BCUT2D eigenvalue weighted by molar-refractivity contribution is 5.82. The van der Waals surface area contributed by atoms with Crippen LogP contribution >= 0.6 is 0 Å². The zero-order valence-electron chi connectivity index (χ0n) is 21.9. The topological polar surface area (TPSA) is 123 Å². The van der Waals surface area contributed by atoms with Gasteiger partial charge >= 0.3 is 0 Å². The molecule has 1 unspecified atom stereocenters. The number of hydrogen-bond donors (Lipinski definition) is 3. The third-order valence-electron chi connectivity index (χ3n) is 5.78. The van der Waals surface area contributed by atoms with Crippen molar-refractivity contribution in [3.63, 3.8) is 0 Å². The molecule has 0 aromatic heterocycles. The molecule has 0 heterocycles. The number of carbonyl (C=O) groups excluding carboxylic acids is 3. The summed E-state index contributed by atoms with van der Waals surface area (Å²) in [6, 6.07) is 0. The lowest BCUT2D eigenvalue weighted by molar-refractivity contribution is -0.129. The zero-order valence-corrected chi connectivity index (χ0v) is 21.9. The maximum absolute atomic E-state index is 12.0.